The summed E-state index contributed by atoms with van der Waals surface area (Å²) in [4.78, 5) is 2.28. The summed E-state index contributed by atoms with van der Waals surface area (Å²) < 4.78 is 0. The van der Waals surface area contributed by atoms with Crippen molar-refractivity contribution in [2.45, 2.75) is 19.4 Å². The number of nitrogens with two attached hydrogens (primary N) is 1. The number of phenols is 1. The predicted octanol–water partition coefficient (Wildman–Crippen LogP) is 2.58. The van der Waals surface area contributed by atoms with Gasteiger partial charge in [-0.15, -0.1) is 13.2 Å². The van der Waals surface area contributed by atoms with E-state index in [2.05, 4.69) is 25.0 Å². The smallest absolute Gasteiger partial charge is 0.138 e. The Kier molecular flexibility index (Phi) is 5.46. The van der Waals surface area contributed by atoms with E-state index in [0.717, 1.165) is 25.1 Å². The summed E-state index contributed by atoms with van der Waals surface area (Å²) in [5, 5.41) is 9.39. The normalized spacial score (nSPS) is 12.3. The van der Waals surface area contributed by atoms with Gasteiger partial charge in [0, 0.05) is 19.1 Å². The molecule has 1 aromatic rings. The molecule has 3 heteroatoms. The average molecular weight is 246 g/mol. The number of aromatic hydroxyl groups is 1. The highest BCUT2D eigenvalue weighted by atomic mass is 16.3. The second-order valence-electron chi connectivity index (χ2n) is 4.48. The van der Waals surface area contributed by atoms with Crippen LogP contribution in [0.25, 0.3) is 0 Å². The molecular formula is C15H22N2O. The van der Waals surface area contributed by atoms with Gasteiger partial charge < -0.3 is 10.8 Å². The van der Waals surface area contributed by atoms with Gasteiger partial charge in [-0.2, -0.15) is 0 Å². The second kappa shape index (κ2) is 6.87. The molecule has 0 bridgehead atoms. The van der Waals surface area contributed by atoms with Crippen molar-refractivity contribution in [1.29, 1.82) is 0 Å². The van der Waals surface area contributed by atoms with Gasteiger partial charge in [-0.1, -0.05) is 18.2 Å². The average Bonchev–Trinajstić information content (AvgIpc) is 2.33. The van der Waals surface area contributed by atoms with Gasteiger partial charge in [0.05, 0.1) is 5.69 Å². The van der Waals surface area contributed by atoms with Crippen LogP contribution in [0.4, 0.5) is 5.69 Å². The summed E-state index contributed by atoms with van der Waals surface area (Å²) >= 11 is 0. The number of nitrogen functional groups attached to an aromatic ring is 1. The summed E-state index contributed by atoms with van der Waals surface area (Å²) in [7, 11) is 0. The molecule has 0 aliphatic heterocycles. The van der Waals surface area contributed by atoms with E-state index in [1.165, 1.54) is 0 Å². The molecule has 1 rings (SSSR count). The molecule has 3 nitrogen and oxygen atoms in total. The summed E-state index contributed by atoms with van der Waals surface area (Å²) in [6.07, 6.45) is 4.67. The highest BCUT2D eigenvalue weighted by Gasteiger charge is 2.12. The molecule has 0 heterocycles. The van der Waals surface area contributed by atoms with Crippen molar-refractivity contribution in [3.8, 4) is 5.75 Å². The molecule has 0 fully saturated rings. The summed E-state index contributed by atoms with van der Waals surface area (Å²) in [5.41, 5.74) is 7.24. The molecule has 1 unspecified atom stereocenters. The number of nitrogens with zero attached hydrogens (tertiary/aromatic N) is 1. The molecule has 0 aromatic heterocycles. The Balaban J connectivity index is 2.71. The van der Waals surface area contributed by atoms with Crippen LogP contribution < -0.4 is 5.73 Å². The Morgan fingerprint density at radius 3 is 2.44 bits per heavy atom. The largest absolute Gasteiger partial charge is 0.506 e. The maximum atomic E-state index is 9.39. The van der Waals surface area contributed by atoms with Crippen LogP contribution in [0, 0.1) is 0 Å². The van der Waals surface area contributed by atoms with E-state index in [1.807, 2.05) is 24.3 Å². The predicted molar refractivity (Wildman–Crippen MR) is 77.7 cm³/mol. The van der Waals surface area contributed by atoms with Crippen LogP contribution in [0.2, 0.25) is 0 Å². The summed E-state index contributed by atoms with van der Waals surface area (Å²) in [6.45, 7) is 11.4. The molecule has 18 heavy (non-hydrogen) atoms. The zero-order valence-corrected chi connectivity index (χ0v) is 11.0. The third kappa shape index (κ3) is 3.93. The molecule has 1 atom stereocenters. The molecule has 98 valence electrons. The van der Waals surface area contributed by atoms with Gasteiger partial charge in [0.15, 0.2) is 0 Å². The zero-order valence-electron chi connectivity index (χ0n) is 11.0. The first-order chi connectivity index (χ1) is 8.58. The van der Waals surface area contributed by atoms with Crippen molar-refractivity contribution < 1.29 is 5.11 Å². The van der Waals surface area contributed by atoms with Crippen LogP contribution in [0.3, 0.4) is 0 Å². The Bertz CT molecular complexity index is 405. The number of phenolic OH excluding ortho intramolecular Hbond substituents is 1. The zero-order chi connectivity index (χ0) is 13.5. The highest BCUT2D eigenvalue weighted by Crippen LogP contribution is 2.21. The van der Waals surface area contributed by atoms with E-state index >= 15 is 0 Å². The Morgan fingerprint density at radius 2 is 1.94 bits per heavy atom. The van der Waals surface area contributed by atoms with Crippen molar-refractivity contribution >= 4 is 5.69 Å². The Labute approximate surface area is 109 Å². The van der Waals surface area contributed by atoms with Crippen molar-refractivity contribution in [2.75, 3.05) is 18.8 Å². The lowest BCUT2D eigenvalue weighted by Crippen LogP contribution is -2.34. The van der Waals surface area contributed by atoms with Crippen LogP contribution in [0.5, 0.6) is 5.75 Å². The van der Waals surface area contributed by atoms with Crippen molar-refractivity contribution in [2.24, 2.45) is 0 Å². The molecule has 3 N–H and O–H groups in total. The summed E-state index contributed by atoms with van der Waals surface area (Å²) in [5.74, 6) is 0.139. The number of hydrogen-bond acceptors (Lipinski definition) is 3. The first-order valence-electron chi connectivity index (χ1n) is 6.11. The van der Waals surface area contributed by atoms with E-state index in [-0.39, 0.29) is 5.75 Å². The van der Waals surface area contributed by atoms with Gasteiger partial charge in [-0.05, 0) is 31.0 Å². The third-order valence-corrected chi connectivity index (χ3v) is 2.97. The lowest BCUT2D eigenvalue weighted by Gasteiger charge is -2.26. The van der Waals surface area contributed by atoms with E-state index in [1.54, 1.807) is 6.07 Å². The van der Waals surface area contributed by atoms with Gasteiger partial charge >= 0.3 is 0 Å². The Hall–Kier alpha value is -1.74. The van der Waals surface area contributed by atoms with E-state index in [0.29, 0.717) is 11.7 Å². The molecule has 0 aliphatic carbocycles. The van der Waals surface area contributed by atoms with Crippen LogP contribution in [0.15, 0.2) is 43.5 Å². The van der Waals surface area contributed by atoms with E-state index in [4.69, 9.17) is 5.73 Å². The van der Waals surface area contributed by atoms with Gasteiger partial charge in [0.1, 0.15) is 5.75 Å². The maximum absolute atomic E-state index is 9.39. The minimum Gasteiger partial charge on any atom is -0.506 e. The fourth-order valence-corrected chi connectivity index (χ4v) is 1.97. The van der Waals surface area contributed by atoms with Crippen LogP contribution >= 0.6 is 0 Å². The van der Waals surface area contributed by atoms with Crippen molar-refractivity contribution in [3.63, 3.8) is 0 Å². The lowest BCUT2D eigenvalue weighted by atomic mass is 10.0. The first kappa shape index (κ1) is 14.3. The molecule has 0 aliphatic rings. The molecule has 0 radical (unpaired) electrons. The fraction of sp³-hybridized carbons (Fsp3) is 0.333. The quantitative estimate of drug-likeness (QED) is 0.441. The minimum absolute atomic E-state index is 0.139. The van der Waals surface area contributed by atoms with E-state index in [9.17, 15) is 5.11 Å². The minimum atomic E-state index is 0.139. The SMILES string of the molecule is C=CCN(CC=C)C(C)Cc1ccc(O)c(N)c1. The lowest BCUT2D eigenvalue weighted by molar-refractivity contribution is 0.255. The van der Waals surface area contributed by atoms with Crippen molar-refractivity contribution in [3.05, 3.63) is 49.1 Å². The van der Waals surface area contributed by atoms with Gasteiger partial charge in [0.2, 0.25) is 0 Å². The number of benzene rings is 1. The van der Waals surface area contributed by atoms with Gasteiger partial charge in [-0.3, -0.25) is 4.90 Å². The van der Waals surface area contributed by atoms with E-state index < -0.39 is 0 Å². The highest BCUT2D eigenvalue weighted by molar-refractivity contribution is 5.53. The van der Waals surface area contributed by atoms with Crippen LogP contribution in [-0.4, -0.2) is 29.1 Å². The molecule has 0 saturated heterocycles. The molecule has 0 spiro atoms. The standard InChI is InChI=1S/C15H22N2O/c1-4-8-17(9-5-2)12(3)10-13-6-7-15(18)14(16)11-13/h4-7,11-12,18H,1-2,8-10,16H2,3H3. The number of rotatable bonds is 7. The third-order valence-electron chi connectivity index (χ3n) is 2.97. The second-order valence-corrected chi connectivity index (χ2v) is 4.48. The van der Waals surface area contributed by atoms with Crippen molar-refractivity contribution in [1.82, 2.24) is 4.90 Å². The Morgan fingerprint density at radius 1 is 1.33 bits per heavy atom. The first-order valence-corrected chi connectivity index (χ1v) is 6.11. The van der Waals surface area contributed by atoms with Gasteiger partial charge in [-0.25, -0.2) is 0 Å². The molecule has 0 saturated carbocycles. The van der Waals surface area contributed by atoms with Gasteiger partial charge in [0.25, 0.3) is 0 Å². The topological polar surface area (TPSA) is 49.5 Å². The maximum Gasteiger partial charge on any atom is 0.138 e. The molecule has 0 amide bonds. The molecular weight excluding hydrogens is 224 g/mol. The fourth-order valence-electron chi connectivity index (χ4n) is 1.97. The molecule has 1 aromatic carbocycles. The monoisotopic (exact) mass is 246 g/mol. The summed E-state index contributed by atoms with van der Waals surface area (Å²) in [6, 6.07) is 5.74. The number of hydrogen-bond donors (Lipinski definition) is 2. The number of anilines is 1. The van der Waals surface area contributed by atoms with Crippen LogP contribution in [0.1, 0.15) is 12.5 Å². The van der Waals surface area contributed by atoms with Crippen LogP contribution in [-0.2, 0) is 6.42 Å².